The maximum absolute atomic E-state index is 11.7. The number of halogens is 1. The minimum absolute atomic E-state index is 0.169. The van der Waals surface area contributed by atoms with Crippen LogP contribution in [0.4, 0.5) is 0 Å². The topological polar surface area (TPSA) is 58.6 Å². The largest absolute Gasteiger partial charge is 0.306 e. The van der Waals surface area contributed by atoms with E-state index in [1.807, 2.05) is 12.1 Å². The molecule has 2 aromatic heterocycles. The molecule has 0 aliphatic rings. The summed E-state index contributed by atoms with van der Waals surface area (Å²) in [7, 11) is 0. The first-order valence-corrected chi connectivity index (χ1v) is 5.06. The van der Waals surface area contributed by atoms with E-state index in [-0.39, 0.29) is 5.56 Å². The summed E-state index contributed by atoms with van der Waals surface area (Å²) < 4.78 is 0. The fourth-order valence-electron chi connectivity index (χ4n) is 1.77. The van der Waals surface area contributed by atoms with E-state index in [0.29, 0.717) is 21.6 Å². The van der Waals surface area contributed by atoms with Crippen molar-refractivity contribution >= 4 is 33.4 Å². The first-order chi connectivity index (χ1) is 7.77. The van der Waals surface area contributed by atoms with Crippen molar-refractivity contribution in [2.75, 3.05) is 0 Å². The summed E-state index contributed by atoms with van der Waals surface area (Å²) in [5.41, 5.74) is 0.293. The van der Waals surface area contributed by atoms with E-state index in [1.54, 1.807) is 12.1 Å². The van der Waals surface area contributed by atoms with Crippen molar-refractivity contribution in [1.29, 1.82) is 0 Å². The van der Waals surface area contributed by atoms with Crippen molar-refractivity contribution in [2.45, 2.75) is 0 Å². The van der Waals surface area contributed by atoms with Gasteiger partial charge in [-0.2, -0.15) is 0 Å². The number of fused-ring (bicyclic) bond motifs is 3. The zero-order valence-corrected chi connectivity index (χ0v) is 8.82. The van der Waals surface area contributed by atoms with E-state index in [9.17, 15) is 4.79 Å². The van der Waals surface area contributed by atoms with Gasteiger partial charge in [0.25, 0.3) is 5.56 Å². The van der Waals surface area contributed by atoms with Crippen molar-refractivity contribution in [3.8, 4) is 0 Å². The number of rotatable bonds is 0. The highest BCUT2D eigenvalue weighted by Crippen LogP contribution is 2.24. The van der Waals surface area contributed by atoms with Crippen LogP contribution in [0, 0.1) is 0 Å². The molecule has 0 radical (unpaired) electrons. The van der Waals surface area contributed by atoms with E-state index in [1.165, 1.54) is 6.33 Å². The average molecular weight is 232 g/mol. The highest BCUT2D eigenvalue weighted by atomic mass is 35.5. The van der Waals surface area contributed by atoms with Crippen molar-refractivity contribution in [1.82, 2.24) is 15.0 Å². The Labute approximate surface area is 94.9 Å². The average Bonchev–Trinajstić information content (AvgIpc) is 2.29. The Morgan fingerprint density at radius 3 is 2.69 bits per heavy atom. The van der Waals surface area contributed by atoms with Crippen LogP contribution in [0.5, 0.6) is 0 Å². The molecule has 0 aliphatic carbocycles. The van der Waals surface area contributed by atoms with E-state index in [2.05, 4.69) is 15.0 Å². The molecule has 0 saturated heterocycles. The summed E-state index contributed by atoms with van der Waals surface area (Å²) in [6, 6.07) is 7.24. The molecule has 4 nitrogen and oxygen atoms in total. The summed E-state index contributed by atoms with van der Waals surface area (Å²) in [5.74, 6) is 0. The molecule has 0 spiro atoms. The molecule has 1 aromatic carbocycles. The Morgan fingerprint density at radius 2 is 1.88 bits per heavy atom. The Hall–Kier alpha value is -1.94. The maximum atomic E-state index is 11.7. The zero-order valence-electron chi connectivity index (χ0n) is 8.07. The number of nitrogens with zero attached hydrogens (tertiary/aromatic N) is 2. The number of aromatic nitrogens is 3. The number of nitrogens with one attached hydrogen (secondary N) is 1. The third-order valence-corrected chi connectivity index (χ3v) is 2.76. The predicted molar refractivity (Wildman–Crippen MR) is 62.7 cm³/mol. The quantitative estimate of drug-likeness (QED) is 0.476. The zero-order chi connectivity index (χ0) is 11.1. The lowest BCUT2D eigenvalue weighted by Gasteiger charge is -2.02. The molecule has 0 unspecified atom stereocenters. The molecule has 5 heteroatoms. The van der Waals surface area contributed by atoms with E-state index >= 15 is 0 Å². The van der Waals surface area contributed by atoms with Crippen molar-refractivity contribution in [3.05, 3.63) is 46.1 Å². The van der Waals surface area contributed by atoms with Gasteiger partial charge in [0.05, 0.1) is 5.39 Å². The first-order valence-electron chi connectivity index (χ1n) is 4.68. The van der Waals surface area contributed by atoms with Crippen LogP contribution in [0.2, 0.25) is 5.15 Å². The molecule has 2 heterocycles. The fraction of sp³-hybridized carbons (Fsp3) is 0. The Bertz CT molecular complexity index is 751. The summed E-state index contributed by atoms with van der Waals surface area (Å²) in [4.78, 5) is 22.3. The molecule has 78 valence electrons. The van der Waals surface area contributed by atoms with E-state index in [0.717, 1.165) is 5.39 Å². The van der Waals surface area contributed by atoms with Crippen LogP contribution in [0.25, 0.3) is 21.8 Å². The summed E-state index contributed by atoms with van der Waals surface area (Å²) in [5, 5.41) is 2.38. The molecule has 0 amide bonds. The third kappa shape index (κ3) is 1.20. The normalized spacial score (nSPS) is 11.1. The Kier molecular flexibility index (Phi) is 1.91. The lowest BCUT2D eigenvalue weighted by molar-refractivity contribution is 1.17. The Balaban J connectivity index is 2.72. The molecular formula is C11H6ClN3O. The molecule has 0 atom stereocenters. The van der Waals surface area contributed by atoms with Gasteiger partial charge in [0.15, 0.2) is 0 Å². The first kappa shape index (κ1) is 9.30. The lowest BCUT2D eigenvalue weighted by atomic mass is 10.1. The van der Waals surface area contributed by atoms with Gasteiger partial charge in [-0.05, 0) is 6.07 Å². The van der Waals surface area contributed by atoms with Gasteiger partial charge in [-0.1, -0.05) is 29.8 Å². The predicted octanol–water partition coefficient (Wildman–Crippen LogP) is 2.12. The second kappa shape index (κ2) is 3.28. The molecule has 3 rings (SSSR count). The van der Waals surface area contributed by atoms with Gasteiger partial charge >= 0.3 is 0 Å². The third-order valence-electron chi connectivity index (χ3n) is 2.47. The lowest BCUT2D eigenvalue weighted by Crippen LogP contribution is -2.07. The second-order valence-corrected chi connectivity index (χ2v) is 3.75. The van der Waals surface area contributed by atoms with Crippen LogP contribution < -0.4 is 5.56 Å². The van der Waals surface area contributed by atoms with E-state index < -0.39 is 0 Å². The minimum atomic E-state index is -0.169. The number of H-pyrrole nitrogens is 1. The second-order valence-electron chi connectivity index (χ2n) is 3.39. The van der Waals surface area contributed by atoms with Crippen LogP contribution in [0.3, 0.4) is 0 Å². The van der Waals surface area contributed by atoms with Crippen molar-refractivity contribution in [2.24, 2.45) is 0 Å². The summed E-state index contributed by atoms with van der Waals surface area (Å²) >= 11 is 6.02. The molecule has 0 aliphatic heterocycles. The molecule has 0 bridgehead atoms. The van der Waals surface area contributed by atoms with Gasteiger partial charge in [0.1, 0.15) is 17.1 Å². The van der Waals surface area contributed by atoms with Crippen LogP contribution in [-0.4, -0.2) is 15.0 Å². The smallest absolute Gasteiger partial charge is 0.257 e. The number of benzene rings is 1. The Morgan fingerprint density at radius 1 is 1.12 bits per heavy atom. The molecule has 1 N–H and O–H groups in total. The number of aromatic amines is 1. The minimum Gasteiger partial charge on any atom is -0.306 e. The van der Waals surface area contributed by atoms with Crippen molar-refractivity contribution < 1.29 is 0 Å². The SMILES string of the molecule is O=c1[nH]c2ncnc(Cl)c2c2ccccc12. The van der Waals surface area contributed by atoms with Crippen LogP contribution in [0.1, 0.15) is 0 Å². The molecule has 16 heavy (non-hydrogen) atoms. The highest BCUT2D eigenvalue weighted by Gasteiger charge is 2.08. The van der Waals surface area contributed by atoms with Crippen LogP contribution in [-0.2, 0) is 0 Å². The van der Waals surface area contributed by atoms with Crippen LogP contribution >= 0.6 is 11.6 Å². The summed E-state index contributed by atoms with van der Waals surface area (Å²) in [6.45, 7) is 0. The fourth-order valence-corrected chi connectivity index (χ4v) is 2.01. The molecular weight excluding hydrogens is 226 g/mol. The molecule has 3 aromatic rings. The van der Waals surface area contributed by atoms with Gasteiger partial charge in [-0.3, -0.25) is 4.79 Å². The van der Waals surface area contributed by atoms with Gasteiger partial charge in [0, 0.05) is 10.8 Å². The maximum Gasteiger partial charge on any atom is 0.257 e. The van der Waals surface area contributed by atoms with Crippen molar-refractivity contribution in [3.63, 3.8) is 0 Å². The monoisotopic (exact) mass is 231 g/mol. The molecule has 0 fully saturated rings. The number of hydrogen-bond donors (Lipinski definition) is 1. The molecule has 0 saturated carbocycles. The highest BCUT2D eigenvalue weighted by molar-refractivity contribution is 6.36. The van der Waals surface area contributed by atoms with Gasteiger partial charge < -0.3 is 4.98 Å². The van der Waals surface area contributed by atoms with E-state index in [4.69, 9.17) is 11.6 Å². The standard InChI is InChI=1S/C11H6ClN3O/c12-9-8-6-3-1-2-4-7(6)11(16)15-10(8)14-5-13-9/h1-5H,(H,13,14,15,16). The van der Waals surface area contributed by atoms with Gasteiger partial charge in [0.2, 0.25) is 0 Å². The summed E-state index contributed by atoms with van der Waals surface area (Å²) in [6.07, 6.45) is 1.33. The van der Waals surface area contributed by atoms with Gasteiger partial charge in [-0.25, -0.2) is 9.97 Å². The van der Waals surface area contributed by atoms with Crippen LogP contribution in [0.15, 0.2) is 35.4 Å². The number of pyridine rings is 1. The van der Waals surface area contributed by atoms with Gasteiger partial charge in [-0.15, -0.1) is 0 Å². The number of hydrogen-bond acceptors (Lipinski definition) is 3.